The molecular weight excluding hydrogens is 240 g/mol. The highest BCUT2D eigenvalue weighted by Crippen LogP contribution is 2.47. The van der Waals surface area contributed by atoms with Gasteiger partial charge in [-0.15, -0.1) is 0 Å². The van der Waals surface area contributed by atoms with Gasteiger partial charge in [-0.05, 0) is 32.8 Å². The zero-order chi connectivity index (χ0) is 13.2. The standard InChI is InChI=1S/C15H18N2O2/c1-9-3-6-13-11(7-9)12-8-15(2,19-13)17(10-4-5-10)14(18)16-12/h3,6-7,10,12H,4-5,8H2,1-2H3,(H,16,18). The van der Waals surface area contributed by atoms with Gasteiger partial charge in [0.05, 0.1) is 6.04 Å². The first-order chi connectivity index (χ1) is 9.07. The largest absolute Gasteiger partial charge is 0.468 e. The van der Waals surface area contributed by atoms with Crippen LogP contribution in [0.15, 0.2) is 18.2 Å². The number of urea groups is 1. The molecule has 100 valence electrons. The van der Waals surface area contributed by atoms with Crippen molar-refractivity contribution in [3.63, 3.8) is 0 Å². The van der Waals surface area contributed by atoms with E-state index in [0.717, 1.165) is 30.6 Å². The molecule has 19 heavy (non-hydrogen) atoms. The second-order valence-electron chi connectivity index (χ2n) is 6.13. The Kier molecular flexibility index (Phi) is 2.02. The average molecular weight is 258 g/mol. The first-order valence-corrected chi connectivity index (χ1v) is 6.96. The molecule has 2 aliphatic heterocycles. The number of hydrogen-bond acceptors (Lipinski definition) is 2. The molecule has 2 fully saturated rings. The predicted molar refractivity (Wildman–Crippen MR) is 71.0 cm³/mol. The fraction of sp³-hybridized carbons (Fsp3) is 0.533. The van der Waals surface area contributed by atoms with E-state index >= 15 is 0 Å². The van der Waals surface area contributed by atoms with Crippen LogP contribution in [0.5, 0.6) is 5.75 Å². The van der Waals surface area contributed by atoms with E-state index in [1.54, 1.807) is 0 Å². The van der Waals surface area contributed by atoms with Crippen molar-refractivity contribution in [3.8, 4) is 5.75 Å². The number of hydrogen-bond donors (Lipinski definition) is 1. The van der Waals surface area contributed by atoms with Crippen molar-refractivity contribution in [2.75, 3.05) is 0 Å². The minimum absolute atomic E-state index is 0.0217. The molecule has 4 nitrogen and oxygen atoms in total. The lowest BCUT2D eigenvalue weighted by Crippen LogP contribution is -2.65. The molecule has 2 bridgehead atoms. The minimum Gasteiger partial charge on any atom is -0.468 e. The highest BCUT2D eigenvalue weighted by molar-refractivity contribution is 5.78. The number of aryl methyl sites for hydroxylation is 1. The van der Waals surface area contributed by atoms with Gasteiger partial charge in [0.25, 0.3) is 0 Å². The molecular formula is C15H18N2O2. The number of ether oxygens (including phenoxy) is 1. The summed E-state index contributed by atoms with van der Waals surface area (Å²) in [5.74, 6) is 0.912. The molecule has 2 atom stereocenters. The van der Waals surface area contributed by atoms with Crippen LogP contribution < -0.4 is 10.1 Å². The van der Waals surface area contributed by atoms with E-state index in [1.807, 2.05) is 17.9 Å². The van der Waals surface area contributed by atoms with Gasteiger partial charge < -0.3 is 10.1 Å². The Morgan fingerprint density at radius 1 is 1.42 bits per heavy atom. The van der Waals surface area contributed by atoms with Crippen LogP contribution >= 0.6 is 0 Å². The van der Waals surface area contributed by atoms with Gasteiger partial charge in [0.1, 0.15) is 5.75 Å². The number of fused-ring (bicyclic) bond motifs is 4. The Balaban J connectivity index is 1.80. The Labute approximate surface area is 112 Å². The summed E-state index contributed by atoms with van der Waals surface area (Å²) in [4.78, 5) is 14.2. The molecule has 0 aromatic heterocycles. The highest BCUT2D eigenvalue weighted by atomic mass is 16.5. The number of nitrogens with one attached hydrogen (secondary N) is 1. The van der Waals surface area contributed by atoms with Crippen molar-refractivity contribution in [3.05, 3.63) is 29.3 Å². The van der Waals surface area contributed by atoms with Gasteiger partial charge in [-0.1, -0.05) is 17.7 Å². The Bertz CT molecular complexity index is 567. The number of carbonyl (C=O) groups is 1. The van der Waals surface area contributed by atoms with E-state index in [0.29, 0.717) is 6.04 Å². The molecule has 1 aliphatic carbocycles. The summed E-state index contributed by atoms with van der Waals surface area (Å²) >= 11 is 0. The summed E-state index contributed by atoms with van der Waals surface area (Å²) in [5.41, 5.74) is 1.82. The lowest BCUT2D eigenvalue weighted by atomic mass is 9.89. The third kappa shape index (κ3) is 1.55. The van der Waals surface area contributed by atoms with Crippen molar-refractivity contribution >= 4 is 6.03 Å². The van der Waals surface area contributed by atoms with Crippen LogP contribution in [0.3, 0.4) is 0 Å². The smallest absolute Gasteiger partial charge is 0.321 e. The third-order valence-corrected chi connectivity index (χ3v) is 4.39. The van der Waals surface area contributed by atoms with E-state index in [4.69, 9.17) is 4.74 Å². The quantitative estimate of drug-likeness (QED) is 0.841. The van der Waals surface area contributed by atoms with Crippen LogP contribution in [0.4, 0.5) is 4.79 Å². The molecule has 1 saturated heterocycles. The van der Waals surface area contributed by atoms with E-state index in [1.165, 1.54) is 5.56 Å². The van der Waals surface area contributed by atoms with Crippen LogP contribution in [0, 0.1) is 6.92 Å². The van der Waals surface area contributed by atoms with Crippen LogP contribution in [0.2, 0.25) is 0 Å². The molecule has 4 rings (SSSR count). The number of carbonyl (C=O) groups excluding carboxylic acids is 1. The third-order valence-electron chi connectivity index (χ3n) is 4.39. The van der Waals surface area contributed by atoms with Gasteiger partial charge in [-0.3, -0.25) is 4.90 Å². The SMILES string of the molecule is Cc1ccc2c(c1)C1CC(C)(O2)N(C2CC2)C(=O)N1. The monoisotopic (exact) mass is 258 g/mol. The summed E-state index contributed by atoms with van der Waals surface area (Å²) in [5, 5.41) is 3.13. The first kappa shape index (κ1) is 11.1. The fourth-order valence-electron chi connectivity index (χ4n) is 3.39. The topological polar surface area (TPSA) is 41.6 Å². The lowest BCUT2D eigenvalue weighted by molar-refractivity contribution is -0.0878. The molecule has 1 saturated carbocycles. The summed E-state index contributed by atoms with van der Waals surface area (Å²) < 4.78 is 6.19. The van der Waals surface area contributed by atoms with Crippen molar-refractivity contribution in [2.45, 2.75) is 50.9 Å². The van der Waals surface area contributed by atoms with E-state index in [-0.39, 0.29) is 12.1 Å². The molecule has 2 heterocycles. The molecule has 1 aromatic carbocycles. The summed E-state index contributed by atoms with van der Waals surface area (Å²) in [6.07, 6.45) is 3.02. The number of rotatable bonds is 1. The van der Waals surface area contributed by atoms with Gasteiger partial charge in [0.2, 0.25) is 0 Å². The summed E-state index contributed by atoms with van der Waals surface area (Å²) in [6.45, 7) is 4.11. The molecule has 0 spiro atoms. The van der Waals surface area contributed by atoms with Crippen LogP contribution in [0.25, 0.3) is 0 Å². The van der Waals surface area contributed by atoms with Crippen molar-refractivity contribution in [1.29, 1.82) is 0 Å². The van der Waals surface area contributed by atoms with Crippen LogP contribution in [-0.2, 0) is 0 Å². The number of amides is 2. The predicted octanol–water partition coefficient (Wildman–Crippen LogP) is 2.72. The van der Waals surface area contributed by atoms with Crippen molar-refractivity contribution in [1.82, 2.24) is 10.2 Å². The zero-order valence-electron chi connectivity index (χ0n) is 11.3. The van der Waals surface area contributed by atoms with Crippen molar-refractivity contribution in [2.24, 2.45) is 0 Å². The molecule has 0 radical (unpaired) electrons. The van der Waals surface area contributed by atoms with Gasteiger partial charge in [-0.2, -0.15) is 0 Å². The second-order valence-corrected chi connectivity index (χ2v) is 6.13. The number of benzene rings is 1. The Morgan fingerprint density at radius 3 is 2.95 bits per heavy atom. The molecule has 4 heteroatoms. The van der Waals surface area contributed by atoms with Gasteiger partial charge in [0.15, 0.2) is 5.72 Å². The van der Waals surface area contributed by atoms with Crippen molar-refractivity contribution < 1.29 is 9.53 Å². The highest BCUT2D eigenvalue weighted by Gasteiger charge is 2.53. The molecule has 2 amide bonds. The van der Waals surface area contributed by atoms with E-state index < -0.39 is 5.72 Å². The fourth-order valence-corrected chi connectivity index (χ4v) is 3.39. The summed E-state index contributed by atoms with van der Waals surface area (Å²) in [6, 6.07) is 6.67. The van der Waals surface area contributed by atoms with Gasteiger partial charge >= 0.3 is 6.03 Å². The van der Waals surface area contributed by atoms with E-state index in [9.17, 15) is 4.79 Å². The average Bonchev–Trinajstić information content (AvgIpc) is 3.14. The van der Waals surface area contributed by atoms with Crippen LogP contribution in [0.1, 0.15) is 43.4 Å². The Morgan fingerprint density at radius 2 is 2.21 bits per heavy atom. The maximum absolute atomic E-state index is 12.3. The van der Waals surface area contributed by atoms with E-state index in [2.05, 4.69) is 24.4 Å². The van der Waals surface area contributed by atoms with Gasteiger partial charge in [-0.25, -0.2) is 4.79 Å². The van der Waals surface area contributed by atoms with Gasteiger partial charge in [0, 0.05) is 18.0 Å². The summed E-state index contributed by atoms with van der Waals surface area (Å²) in [7, 11) is 0. The molecule has 1 N–H and O–H groups in total. The zero-order valence-corrected chi connectivity index (χ0v) is 11.3. The molecule has 2 unspecified atom stereocenters. The number of nitrogens with zero attached hydrogens (tertiary/aromatic N) is 1. The molecule has 3 aliphatic rings. The first-order valence-electron chi connectivity index (χ1n) is 6.96. The van der Waals surface area contributed by atoms with Crippen LogP contribution in [-0.4, -0.2) is 22.7 Å². The maximum Gasteiger partial charge on any atom is 0.321 e. The minimum atomic E-state index is -0.490. The Hall–Kier alpha value is -1.71. The lowest BCUT2D eigenvalue weighted by Gasteiger charge is -2.51. The molecule has 1 aromatic rings. The maximum atomic E-state index is 12.3. The second kappa shape index (κ2) is 3.44. The normalized spacial score (nSPS) is 32.4.